The van der Waals surface area contributed by atoms with Gasteiger partial charge in [0.25, 0.3) is 5.56 Å². The Hall–Kier alpha value is -1.53. The molecule has 7 heteroatoms. The molecule has 0 spiro atoms. The number of aromatic nitrogens is 2. The van der Waals surface area contributed by atoms with Crippen LogP contribution in [0.2, 0.25) is 0 Å². The normalized spacial score (nSPS) is 18.1. The smallest absolute Gasteiger partial charge is 0.342 e. The van der Waals surface area contributed by atoms with Crippen LogP contribution in [0.3, 0.4) is 0 Å². The highest BCUT2D eigenvalue weighted by Gasteiger charge is 2.34. The molecule has 1 aliphatic heterocycles. The van der Waals surface area contributed by atoms with E-state index < -0.39 is 17.4 Å². The summed E-state index contributed by atoms with van der Waals surface area (Å²) in [5.74, 6) is 0.570. The molecule has 1 aromatic rings. The molecule has 0 radical (unpaired) electrons. The van der Waals surface area contributed by atoms with Gasteiger partial charge in [0.05, 0.1) is 0 Å². The lowest BCUT2D eigenvalue weighted by atomic mass is 10.00. The second-order valence-corrected chi connectivity index (χ2v) is 4.62. The largest absolute Gasteiger partial charge is 0.433 e. The van der Waals surface area contributed by atoms with E-state index in [9.17, 15) is 18.0 Å². The zero-order chi connectivity index (χ0) is 13.3. The molecule has 100 valence electrons. The van der Waals surface area contributed by atoms with Gasteiger partial charge in [0.15, 0.2) is 5.69 Å². The first kappa shape index (κ1) is 12.9. The Kier molecular flexibility index (Phi) is 3.32. The number of aromatic amines is 1. The summed E-state index contributed by atoms with van der Waals surface area (Å²) >= 11 is 0. The first-order valence-electron chi connectivity index (χ1n) is 5.80. The summed E-state index contributed by atoms with van der Waals surface area (Å²) in [6, 6.07) is 0.482. The lowest BCUT2D eigenvalue weighted by Gasteiger charge is -2.30. The van der Waals surface area contributed by atoms with Crippen molar-refractivity contribution in [2.24, 2.45) is 5.92 Å². The summed E-state index contributed by atoms with van der Waals surface area (Å²) in [6.45, 7) is 3.33. The predicted octanol–water partition coefficient (Wildman–Crippen LogP) is 2.02. The monoisotopic (exact) mass is 261 g/mol. The van der Waals surface area contributed by atoms with E-state index in [0.29, 0.717) is 25.1 Å². The number of hydrogen-bond donors (Lipinski definition) is 1. The van der Waals surface area contributed by atoms with E-state index in [1.807, 2.05) is 0 Å². The summed E-state index contributed by atoms with van der Waals surface area (Å²) < 4.78 is 37.6. The fourth-order valence-corrected chi connectivity index (χ4v) is 1.96. The van der Waals surface area contributed by atoms with E-state index in [1.54, 1.807) is 4.90 Å². The van der Waals surface area contributed by atoms with Gasteiger partial charge in [0.2, 0.25) is 5.95 Å². The first-order chi connectivity index (χ1) is 8.36. The van der Waals surface area contributed by atoms with Gasteiger partial charge in [0, 0.05) is 19.2 Å². The van der Waals surface area contributed by atoms with E-state index in [1.165, 1.54) is 0 Å². The number of piperidine rings is 1. The third-order valence-corrected chi connectivity index (χ3v) is 3.10. The van der Waals surface area contributed by atoms with Crippen molar-refractivity contribution in [2.45, 2.75) is 25.9 Å². The van der Waals surface area contributed by atoms with Gasteiger partial charge in [-0.25, -0.2) is 4.98 Å². The van der Waals surface area contributed by atoms with Crippen molar-refractivity contribution in [2.75, 3.05) is 18.0 Å². The minimum absolute atomic E-state index is 0.0155. The average Bonchev–Trinajstić information content (AvgIpc) is 2.28. The Morgan fingerprint density at radius 1 is 1.39 bits per heavy atom. The Balaban J connectivity index is 2.28. The molecular formula is C11H14F3N3O. The van der Waals surface area contributed by atoms with Gasteiger partial charge >= 0.3 is 6.18 Å². The van der Waals surface area contributed by atoms with Gasteiger partial charge in [-0.15, -0.1) is 0 Å². The molecule has 0 bridgehead atoms. The van der Waals surface area contributed by atoms with Gasteiger partial charge in [-0.3, -0.25) is 9.78 Å². The molecule has 0 amide bonds. The number of nitrogens with one attached hydrogen (secondary N) is 1. The van der Waals surface area contributed by atoms with Crippen LogP contribution in [0.1, 0.15) is 25.5 Å². The van der Waals surface area contributed by atoms with Crippen LogP contribution < -0.4 is 10.5 Å². The maximum absolute atomic E-state index is 12.5. The number of hydrogen-bond acceptors (Lipinski definition) is 3. The summed E-state index contributed by atoms with van der Waals surface area (Å²) in [7, 11) is 0. The molecule has 2 heterocycles. The highest BCUT2D eigenvalue weighted by atomic mass is 19.4. The number of alkyl halides is 3. The molecule has 1 aromatic heterocycles. The second-order valence-electron chi connectivity index (χ2n) is 4.62. The Morgan fingerprint density at radius 3 is 2.56 bits per heavy atom. The molecule has 0 unspecified atom stereocenters. The van der Waals surface area contributed by atoms with Gasteiger partial charge < -0.3 is 4.90 Å². The molecule has 18 heavy (non-hydrogen) atoms. The SMILES string of the molecule is CC1CCN(c2nc(C(F)(F)F)cc(=O)[nH]2)CC1. The molecule has 1 saturated heterocycles. The standard InChI is InChI=1S/C11H14F3N3O/c1-7-2-4-17(5-3-7)10-15-8(11(12,13)14)6-9(18)16-10/h6-7H,2-5H2,1H3,(H,15,16,18). The van der Waals surface area contributed by atoms with Gasteiger partial charge in [-0.05, 0) is 18.8 Å². The molecule has 0 aromatic carbocycles. The third kappa shape index (κ3) is 2.83. The Morgan fingerprint density at radius 2 is 2.00 bits per heavy atom. The van der Waals surface area contributed by atoms with Crippen LogP contribution in [-0.2, 0) is 6.18 Å². The molecule has 0 aliphatic carbocycles. The van der Waals surface area contributed by atoms with E-state index in [2.05, 4.69) is 16.9 Å². The van der Waals surface area contributed by atoms with Crippen molar-refractivity contribution in [3.63, 3.8) is 0 Å². The maximum atomic E-state index is 12.5. The number of nitrogens with zero attached hydrogens (tertiary/aromatic N) is 2. The van der Waals surface area contributed by atoms with Crippen LogP contribution >= 0.6 is 0 Å². The van der Waals surface area contributed by atoms with Crippen LogP contribution in [0.15, 0.2) is 10.9 Å². The fourth-order valence-electron chi connectivity index (χ4n) is 1.96. The van der Waals surface area contributed by atoms with Crippen molar-refractivity contribution in [1.82, 2.24) is 9.97 Å². The number of H-pyrrole nitrogens is 1. The van der Waals surface area contributed by atoms with Crippen LogP contribution in [0.5, 0.6) is 0 Å². The van der Waals surface area contributed by atoms with Crippen molar-refractivity contribution in [3.05, 3.63) is 22.1 Å². The van der Waals surface area contributed by atoms with Gasteiger partial charge in [0.1, 0.15) is 0 Å². The highest BCUT2D eigenvalue weighted by Crippen LogP contribution is 2.28. The summed E-state index contributed by atoms with van der Waals surface area (Å²) in [5, 5.41) is 0. The number of halogens is 3. The minimum atomic E-state index is -4.59. The quantitative estimate of drug-likeness (QED) is 0.841. The summed E-state index contributed by atoms with van der Waals surface area (Å²) in [6.07, 6.45) is -2.81. The van der Waals surface area contributed by atoms with E-state index in [4.69, 9.17) is 0 Å². The molecular weight excluding hydrogens is 247 g/mol. The number of rotatable bonds is 1. The molecule has 2 rings (SSSR count). The lowest BCUT2D eigenvalue weighted by Crippen LogP contribution is -2.35. The number of anilines is 1. The molecule has 1 fully saturated rings. The van der Waals surface area contributed by atoms with Crippen LogP contribution in [-0.4, -0.2) is 23.1 Å². The van der Waals surface area contributed by atoms with E-state index in [0.717, 1.165) is 12.8 Å². The Bertz CT molecular complexity index is 475. The molecule has 0 saturated carbocycles. The fraction of sp³-hybridized carbons (Fsp3) is 0.636. The zero-order valence-electron chi connectivity index (χ0n) is 9.92. The molecule has 1 N–H and O–H groups in total. The maximum Gasteiger partial charge on any atom is 0.433 e. The third-order valence-electron chi connectivity index (χ3n) is 3.10. The topological polar surface area (TPSA) is 49.0 Å². The van der Waals surface area contributed by atoms with Crippen molar-refractivity contribution >= 4 is 5.95 Å². The van der Waals surface area contributed by atoms with Crippen molar-refractivity contribution in [3.8, 4) is 0 Å². The minimum Gasteiger partial charge on any atom is -0.342 e. The second kappa shape index (κ2) is 4.62. The van der Waals surface area contributed by atoms with Crippen molar-refractivity contribution in [1.29, 1.82) is 0 Å². The van der Waals surface area contributed by atoms with Crippen molar-refractivity contribution < 1.29 is 13.2 Å². The molecule has 4 nitrogen and oxygen atoms in total. The van der Waals surface area contributed by atoms with Crippen LogP contribution in [0.25, 0.3) is 0 Å². The van der Waals surface area contributed by atoms with Crippen LogP contribution in [0, 0.1) is 5.92 Å². The van der Waals surface area contributed by atoms with E-state index in [-0.39, 0.29) is 5.95 Å². The van der Waals surface area contributed by atoms with E-state index >= 15 is 0 Å². The molecule has 0 atom stereocenters. The summed E-state index contributed by atoms with van der Waals surface area (Å²) in [5.41, 5.74) is -1.91. The highest BCUT2D eigenvalue weighted by molar-refractivity contribution is 5.31. The van der Waals surface area contributed by atoms with Gasteiger partial charge in [-0.1, -0.05) is 6.92 Å². The first-order valence-corrected chi connectivity index (χ1v) is 5.80. The zero-order valence-corrected chi connectivity index (χ0v) is 9.92. The predicted molar refractivity (Wildman–Crippen MR) is 60.5 cm³/mol. The summed E-state index contributed by atoms with van der Waals surface area (Å²) in [4.78, 5) is 18.8. The Labute approximate surface area is 102 Å². The molecule has 1 aliphatic rings. The lowest BCUT2D eigenvalue weighted by molar-refractivity contribution is -0.141. The van der Waals surface area contributed by atoms with Gasteiger partial charge in [-0.2, -0.15) is 13.2 Å². The average molecular weight is 261 g/mol. The van der Waals surface area contributed by atoms with Crippen LogP contribution in [0.4, 0.5) is 19.1 Å².